The van der Waals surface area contributed by atoms with Crippen LogP contribution in [0.25, 0.3) is 0 Å². The molecule has 172 valence electrons. The van der Waals surface area contributed by atoms with Crippen LogP contribution < -0.4 is 10.8 Å². The molecule has 1 rings (SSSR count). The zero-order valence-electron chi connectivity index (χ0n) is 19.3. The molecule has 0 spiro atoms. The normalized spacial score (nSPS) is 18.4. The quantitative estimate of drug-likeness (QED) is 0.174. The van der Waals surface area contributed by atoms with Crippen molar-refractivity contribution in [3.63, 3.8) is 0 Å². The number of aliphatic imine (C=N–C) groups is 1. The van der Waals surface area contributed by atoms with Crippen molar-refractivity contribution >= 4 is 11.8 Å². The van der Waals surface area contributed by atoms with Crippen LogP contribution in [-0.4, -0.2) is 35.9 Å². The molecule has 0 aromatic rings. The van der Waals surface area contributed by atoms with E-state index in [1.807, 2.05) is 6.20 Å². The fourth-order valence-electron chi connectivity index (χ4n) is 4.15. The average molecular weight is 420 g/mol. The Morgan fingerprint density at radius 2 is 1.53 bits per heavy atom. The summed E-state index contributed by atoms with van der Waals surface area (Å²) in [4.78, 5) is 15.6. The summed E-state index contributed by atoms with van der Waals surface area (Å²) in [6.45, 7) is 3.19. The van der Waals surface area contributed by atoms with Gasteiger partial charge in [0.2, 0.25) is 5.84 Å². The van der Waals surface area contributed by atoms with Gasteiger partial charge in [-0.1, -0.05) is 76.9 Å². The largest absolute Gasteiger partial charge is 0.544 e. The second-order valence-electron chi connectivity index (χ2n) is 8.61. The van der Waals surface area contributed by atoms with Crippen LogP contribution in [0.2, 0.25) is 0 Å². The smallest absolute Gasteiger partial charge is 0.207 e. The van der Waals surface area contributed by atoms with Crippen LogP contribution in [0.5, 0.6) is 0 Å². The fourth-order valence-corrected chi connectivity index (χ4v) is 4.15. The molecule has 0 aromatic carbocycles. The number of nitrogens with two attached hydrogens (primary N) is 1. The lowest BCUT2D eigenvalue weighted by Gasteiger charge is -2.32. The number of aliphatic carboxylic acids is 1. The molecule has 0 aromatic heterocycles. The summed E-state index contributed by atoms with van der Waals surface area (Å²) in [5.41, 5.74) is 5.70. The third kappa shape index (κ3) is 11.7. The van der Waals surface area contributed by atoms with E-state index in [-0.39, 0.29) is 11.0 Å². The summed E-state index contributed by atoms with van der Waals surface area (Å²) in [6.07, 6.45) is 27.2. The molecule has 1 atom stereocenters. The van der Waals surface area contributed by atoms with Crippen molar-refractivity contribution in [2.75, 3.05) is 19.6 Å². The van der Waals surface area contributed by atoms with Gasteiger partial charge in [-0.2, -0.15) is 0 Å². The molecule has 30 heavy (non-hydrogen) atoms. The number of carboxylic acid groups (broad SMARTS) is 1. The van der Waals surface area contributed by atoms with E-state index >= 15 is 0 Å². The van der Waals surface area contributed by atoms with Crippen molar-refractivity contribution < 1.29 is 14.4 Å². The van der Waals surface area contributed by atoms with Crippen molar-refractivity contribution in [1.82, 2.24) is 0 Å². The molecule has 1 aliphatic rings. The third-order valence-electron chi connectivity index (χ3n) is 5.94. The Balaban J connectivity index is 2.02. The number of quaternary nitrogens is 1. The number of nitrogens with zero attached hydrogens (tertiary/aromatic N) is 2. The zero-order valence-corrected chi connectivity index (χ0v) is 19.3. The Hall–Kier alpha value is -1.46. The van der Waals surface area contributed by atoms with Gasteiger partial charge in [0.1, 0.15) is 19.3 Å². The topological polar surface area (TPSA) is 78.5 Å². The second-order valence-corrected chi connectivity index (χ2v) is 8.61. The Morgan fingerprint density at radius 3 is 2.10 bits per heavy atom. The van der Waals surface area contributed by atoms with Gasteiger partial charge in [0, 0.05) is 13.0 Å². The first-order valence-corrected chi connectivity index (χ1v) is 12.3. The Kier molecular flexibility index (Phi) is 15.3. The van der Waals surface area contributed by atoms with Gasteiger partial charge in [-0.3, -0.25) is 0 Å². The second kappa shape index (κ2) is 17.2. The van der Waals surface area contributed by atoms with E-state index in [1.54, 1.807) is 6.20 Å². The standard InChI is InChI=1S/C25H45N3O2/c1-2-3-4-5-6-7-8-9-10-11-12-13-14-15-16-17-18-24-27-20-22-28(24,21-19-26)23-25(29)30/h12-13,20,22H,2-11,14-19,21,23,26H2,1H3/b13-12+. The van der Waals surface area contributed by atoms with Gasteiger partial charge in [-0.05, 0) is 32.1 Å². The number of rotatable bonds is 20. The van der Waals surface area contributed by atoms with Crippen LogP contribution in [-0.2, 0) is 4.79 Å². The van der Waals surface area contributed by atoms with Gasteiger partial charge in [-0.25, -0.2) is 9.48 Å². The summed E-state index contributed by atoms with van der Waals surface area (Å²) < 4.78 is 0.234. The Bertz CT molecular complexity index is 543. The minimum atomic E-state index is -1.06. The number of carboxylic acids is 1. The fraction of sp³-hybridized carbons (Fsp3) is 0.760. The van der Waals surface area contributed by atoms with E-state index in [4.69, 9.17) is 5.73 Å². The molecule has 5 heteroatoms. The molecule has 1 heterocycles. The molecule has 0 amide bonds. The van der Waals surface area contributed by atoms with Crippen molar-refractivity contribution in [3.8, 4) is 0 Å². The lowest BCUT2D eigenvalue weighted by molar-refractivity contribution is -0.780. The molecular weight excluding hydrogens is 374 g/mol. The van der Waals surface area contributed by atoms with E-state index in [1.165, 1.54) is 70.6 Å². The van der Waals surface area contributed by atoms with E-state index in [0.717, 1.165) is 31.5 Å². The summed E-state index contributed by atoms with van der Waals surface area (Å²) in [5.74, 6) is -0.148. The summed E-state index contributed by atoms with van der Waals surface area (Å²) in [5, 5.41) is 11.1. The Labute approximate surface area is 184 Å². The lowest BCUT2D eigenvalue weighted by Crippen LogP contribution is -2.55. The average Bonchev–Trinajstić information content (AvgIpc) is 3.09. The number of allylic oxidation sites excluding steroid dienone is 2. The Morgan fingerprint density at radius 1 is 0.967 bits per heavy atom. The number of amidine groups is 1. The van der Waals surface area contributed by atoms with Crippen molar-refractivity contribution in [1.29, 1.82) is 0 Å². The summed E-state index contributed by atoms with van der Waals surface area (Å²) in [7, 11) is 0. The van der Waals surface area contributed by atoms with Gasteiger partial charge >= 0.3 is 0 Å². The van der Waals surface area contributed by atoms with Crippen LogP contribution in [0, 0.1) is 0 Å². The highest BCUT2D eigenvalue weighted by Crippen LogP contribution is 2.20. The number of carbonyl (C=O) groups is 1. The zero-order chi connectivity index (χ0) is 21.9. The van der Waals surface area contributed by atoms with E-state index in [0.29, 0.717) is 13.1 Å². The highest BCUT2D eigenvalue weighted by atomic mass is 16.4. The number of hydrogen-bond donors (Lipinski definition) is 1. The molecule has 0 radical (unpaired) electrons. The number of carbonyl (C=O) groups excluding carboxylic acids is 1. The van der Waals surface area contributed by atoms with E-state index < -0.39 is 5.97 Å². The molecule has 0 aliphatic carbocycles. The number of unbranched alkanes of at least 4 members (excludes halogenated alkanes) is 12. The molecule has 0 bridgehead atoms. The molecular formula is C25H45N3O2. The van der Waals surface area contributed by atoms with Gasteiger partial charge in [0.15, 0.2) is 0 Å². The lowest BCUT2D eigenvalue weighted by atomic mass is 10.1. The predicted molar refractivity (Wildman–Crippen MR) is 125 cm³/mol. The van der Waals surface area contributed by atoms with Crippen LogP contribution in [0.1, 0.15) is 103 Å². The first-order chi connectivity index (χ1) is 14.6. The first kappa shape index (κ1) is 26.6. The van der Waals surface area contributed by atoms with Crippen LogP contribution in [0.3, 0.4) is 0 Å². The third-order valence-corrected chi connectivity index (χ3v) is 5.94. The highest BCUT2D eigenvalue weighted by molar-refractivity contribution is 5.80. The highest BCUT2D eigenvalue weighted by Gasteiger charge is 2.34. The SMILES string of the molecule is CCCCCCCCCCC/C=C/CCCCCC1=NC=C[N+]1(CCN)CC(=O)[O-]. The maximum atomic E-state index is 11.1. The van der Waals surface area contributed by atoms with Gasteiger partial charge < -0.3 is 15.6 Å². The van der Waals surface area contributed by atoms with Gasteiger partial charge in [0.05, 0.1) is 12.2 Å². The molecule has 0 saturated heterocycles. The predicted octanol–water partition coefficient (Wildman–Crippen LogP) is 4.82. The number of hydrogen-bond acceptors (Lipinski definition) is 4. The molecule has 1 aliphatic heterocycles. The van der Waals surface area contributed by atoms with Crippen molar-refractivity contribution in [2.24, 2.45) is 10.7 Å². The van der Waals surface area contributed by atoms with E-state index in [2.05, 4.69) is 24.1 Å². The molecule has 0 fully saturated rings. The molecule has 1 unspecified atom stereocenters. The maximum absolute atomic E-state index is 11.1. The summed E-state index contributed by atoms with van der Waals surface area (Å²) in [6, 6.07) is 0. The van der Waals surface area contributed by atoms with Crippen LogP contribution >= 0.6 is 0 Å². The van der Waals surface area contributed by atoms with Crippen LogP contribution in [0.15, 0.2) is 29.5 Å². The first-order valence-electron chi connectivity index (χ1n) is 12.3. The maximum Gasteiger partial charge on any atom is 0.207 e. The minimum Gasteiger partial charge on any atom is -0.544 e. The molecule has 5 nitrogen and oxygen atoms in total. The van der Waals surface area contributed by atoms with Crippen molar-refractivity contribution in [2.45, 2.75) is 103 Å². The van der Waals surface area contributed by atoms with Gasteiger partial charge in [-0.15, -0.1) is 0 Å². The van der Waals surface area contributed by atoms with Crippen LogP contribution in [0.4, 0.5) is 0 Å². The molecule has 0 saturated carbocycles. The minimum absolute atomic E-state index is 0.0753. The van der Waals surface area contributed by atoms with E-state index in [9.17, 15) is 9.90 Å². The molecule has 2 N–H and O–H groups in total. The summed E-state index contributed by atoms with van der Waals surface area (Å²) >= 11 is 0. The van der Waals surface area contributed by atoms with Gasteiger partial charge in [0.25, 0.3) is 0 Å². The monoisotopic (exact) mass is 419 g/mol. The van der Waals surface area contributed by atoms with Crippen molar-refractivity contribution in [3.05, 3.63) is 24.6 Å².